The highest BCUT2D eigenvalue weighted by molar-refractivity contribution is 6.13. The summed E-state index contributed by atoms with van der Waals surface area (Å²) in [4.78, 5) is 18.0. The Morgan fingerprint density at radius 2 is 1.87 bits per heavy atom. The van der Waals surface area contributed by atoms with E-state index in [0.29, 0.717) is 28.1 Å². The van der Waals surface area contributed by atoms with Crippen LogP contribution in [0.15, 0.2) is 39.3 Å². The highest BCUT2D eigenvalue weighted by Crippen LogP contribution is 2.32. The minimum absolute atomic E-state index is 0.219. The standard InChI is InChI=1S/C24H25N3O3/c1-12(2)17-9-7-8-13(3)22(17)26-23(28)19-11-20(18-10-14(4)29-16(18)6)25-24-21(19)15(5)27-30-24/h7-12H,1-6H3,(H,26,28). The molecule has 1 N–H and O–H groups in total. The van der Waals surface area contributed by atoms with Crippen LogP contribution in [0.5, 0.6) is 0 Å². The fourth-order valence-electron chi connectivity index (χ4n) is 3.82. The molecule has 4 aromatic rings. The van der Waals surface area contributed by atoms with Gasteiger partial charge in [-0.2, -0.15) is 0 Å². The molecule has 0 unspecified atom stereocenters. The first kappa shape index (κ1) is 19.9. The molecule has 0 atom stereocenters. The number of fused-ring (bicyclic) bond motifs is 1. The smallest absolute Gasteiger partial charge is 0.259 e. The second kappa shape index (κ2) is 7.44. The van der Waals surface area contributed by atoms with Crippen molar-refractivity contribution in [2.45, 2.75) is 47.5 Å². The number of hydrogen-bond donors (Lipinski definition) is 1. The molecule has 0 saturated carbocycles. The maximum Gasteiger partial charge on any atom is 0.259 e. The molecule has 1 amide bonds. The molecule has 0 aliphatic carbocycles. The lowest BCUT2D eigenvalue weighted by atomic mass is 9.97. The molecule has 3 aromatic heterocycles. The van der Waals surface area contributed by atoms with Crippen LogP contribution in [0.2, 0.25) is 0 Å². The molecule has 30 heavy (non-hydrogen) atoms. The van der Waals surface area contributed by atoms with Crippen LogP contribution in [-0.4, -0.2) is 16.0 Å². The van der Waals surface area contributed by atoms with E-state index in [1.165, 1.54) is 0 Å². The molecule has 154 valence electrons. The van der Waals surface area contributed by atoms with Gasteiger partial charge >= 0.3 is 0 Å². The molecule has 4 rings (SSSR count). The SMILES string of the molecule is Cc1cc(-c2cc(C(=O)Nc3c(C)cccc3C(C)C)c3c(C)noc3n2)c(C)o1. The number of anilines is 1. The van der Waals surface area contributed by atoms with Crippen molar-refractivity contribution < 1.29 is 13.7 Å². The number of carbonyl (C=O) groups is 1. The van der Waals surface area contributed by atoms with Crippen LogP contribution in [0.3, 0.4) is 0 Å². The lowest BCUT2D eigenvalue weighted by molar-refractivity contribution is 0.102. The van der Waals surface area contributed by atoms with E-state index in [0.717, 1.165) is 33.9 Å². The summed E-state index contributed by atoms with van der Waals surface area (Å²) in [6.07, 6.45) is 0. The van der Waals surface area contributed by atoms with Gasteiger partial charge < -0.3 is 14.3 Å². The van der Waals surface area contributed by atoms with Gasteiger partial charge in [-0.1, -0.05) is 37.2 Å². The number of nitrogens with one attached hydrogen (secondary N) is 1. The third-order valence-electron chi connectivity index (χ3n) is 5.34. The number of nitrogens with zero attached hydrogens (tertiary/aromatic N) is 2. The Balaban J connectivity index is 1.85. The summed E-state index contributed by atoms with van der Waals surface area (Å²) in [5.41, 5.74) is 5.84. The van der Waals surface area contributed by atoms with Crippen LogP contribution in [0.25, 0.3) is 22.4 Å². The Bertz CT molecular complexity index is 1260. The summed E-state index contributed by atoms with van der Waals surface area (Å²) < 4.78 is 11.1. The van der Waals surface area contributed by atoms with Crippen molar-refractivity contribution in [3.63, 3.8) is 0 Å². The number of pyridine rings is 1. The van der Waals surface area contributed by atoms with Crippen molar-refractivity contribution >= 4 is 22.7 Å². The average Bonchev–Trinajstić information content (AvgIpc) is 3.23. The van der Waals surface area contributed by atoms with Gasteiger partial charge in [0.05, 0.1) is 22.3 Å². The molecular weight excluding hydrogens is 378 g/mol. The summed E-state index contributed by atoms with van der Waals surface area (Å²) in [6.45, 7) is 11.8. The van der Waals surface area contributed by atoms with Crippen LogP contribution < -0.4 is 5.32 Å². The molecule has 3 heterocycles. The first-order valence-electron chi connectivity index (χ1n) is 10.0. The number of amides is 1. The quantitative estimate of drug-likeness (QED) is 0.446. The zero-order valence-electron chi connectivity index (χ0n) is 18.1. The van der Waals surface area contributed by atoms with Crippen molar-refractivity contribution in [3.05, 3.63) is 64.2 Å². The largest absolute Gasteiger partial charge is 0.466 e. The van der Waals surface area contributed by atoms with E-state index in [4.69, 9.17) is 8.94 Å². The van der Waals surface area contributed by atoms with Gasteiger partial charge in [-0.25, -0.2) is 4.98 Å². The number of rotatable bonds is 4. The van der Waals surface area contributed by atoms with Crippen molar-refractivity contribution in [1.29, 1.82) is 0 Å². The predicted molar refractivity (Wildman–Crippen MR) is 117 cm³/mol. The topological polar surface area (TPSA) is 81.2 Å². The van der Waals surface area contributed by atoms with Crippen LogP contribution in [0.1, 0.15) is 58.5 Å². The van der Waals surface area contributed by atoms with Gasteiger partial charge in [0, 0.05) is 11.3 Å². The van der Waals surface area contributed by atoms with E-state index in [9.17, 15) is 4.79 Å². The van der Waals surface area contributed by atoms with Gasteiger partial charge in [-0.05, 0) is 56.9 Å². The molecular formula is C24H25N3O3. The number of para-hydroxylation sites is 1. The predicted octanol–water partition coefficient (Wildman–Crippen LogP) is 6.09. The van der Waals surface area contributed by atoms with E-state index in [1.807, 2.05) is 52.0 Å². The Morgan fingerprint density at radius 3 is 2.53 bits per heavy atom. The molecule has 0 aliphatic heterocycles. The van der Waals surface area contributed by atoms with Gasteiger partial charge in [0.25, 0.3) is 11.6 Å². The normalized spacial score (nSPS) is 11.4. The zero-order chi connectivity index (χ0) is 21.6. The Labute approximate surface area is 175 Å². The number of aryl methyl sites for hydroxylation is 4. The van der Waals surface area contributed by atoms with Gasteiger partial charge in [0.1, 0.15) is 11.5 Å². The monoisotopic (exact) mass is 403 g/mol. The van der Waals surface area contributed by atoms with E-state index < -0.39 is 0 Å². The molecule has 6 nitrogen and oxygen atoms in total. The number of benzene rings is 1. The first-order valence-corrected chi connectivity index (χ1v) is 10.0. The maximum atomic E-state index is 13.4. The lowest BCUT2D eigenvalue weighted by Gasteiger charge is -2.17. The lowest BCUT2D eigenvalue weighted by Crippen LogP contribution is -2.16. The van der Waals surface area contributed by atoms with Gasteiger partial charge in [-0.15, -0.1) is 0 Å². The van der Waals surface area contributed by atoms with Gasteiger partial charge in [0.15, 0.2) is 0 Å². The summed E-state index contributed by atoms with van der Waals surface area (Å²) >= 11 is 0. The first-order chi connectivity index (χ1) is 14.3. The number of aromatic nitrogens is 2. The summed E-state index contributed by atoms with van der Waals surface area (Å²) in [5.74, 6) is 1.58. The number of carbonyl (C=O) groups excluding carboxylic acids is 1. The second-order valence-electron chi connectivity index (χ2n) is 7.98. The fraction of sp³-hybridized carbons (Fsp3) is 0.292. The molecule has 0 fully saturated rings. The number of furan rings is 1. The van der Waals surface area contributed by atoms with E-state index in [-0.39, 0.29) is 11.8 Å². The second-order valence-corrected chi connectivity index (χ2v) is 7.98. The van der Waals surface area contributed by atoms with Crippen LogP contribution in [0, 0.1) is 27.7 Å². The van der Waals surface area contributed by atoms with Gasteiger partial charge in [0.2, 0.25) is 0 Å². The van der Waals surface area contributed by atoms with Crippen LogP contribution in [-0.2, 0) is 0 Å². The average molecular weight is 403 g/mol. The summed E-state index contributed by atoms with van der Waals surface area (Å²) in [6, 6.07) is 9.75. The summed E-state index contributed by atoms with van der Waals surface area (Å²) in [5, 5.41) is 7.77. The minimum atomic E-state index is -0.219. The zero-order valence-corrected chi connectivity index (χ0v) is 18.1. The van der Waals surface area contributed by atoms with Crippen LogP contribution in [0.4, 0.5) is 5.69 Å². The van der Waals surface area contributed by atoms with E-state index in [1.54, 1.807) is 6.07 Å². The van der Waals surface area contributed by atoms with Crippen LogP contribution >= 0.6 is 0 Å². The molecule has 0 bridgehead atoms. The van der Waals surface area contributed by atoms with Crippen molar-refractivity contribution in [1.82, 2.24) is 10.1 Å². The third kappa shape index (κ3) is 3.38. The van der Waals surface area contributed by atoms with Crippen molar-refractivity contribution in [2.75, 3.05) is 5.32 Å². The Hall–Kier alpha value is -3.41. The molecule has 0 spiro atoms. The van der Waals surface area contributed by atoms with E-state index in [2.05, 4.69) is 29.3 Å². The molecule has 0 aliphatic rings. The highest BCUT2D eigenvalue weighted by Gasteiger charge is 2.22. The van der Waals surface area contributed by atoms with Crippen molar-refractivity contribution in [2.24, 2.45) is 0 Å². The van der Waals surface area contributed by atoms with E-state index >= 15 is 0 Å². The number of hydrogen-bond acceptors (Lipinski definition) is 5. The molecule has 1 aromatic carbocycles. The Kier molecular flexibility index (Phi) is 4.94. The molecule has 6 heteroatoms. The molecule has 0 radical (unpaired) electrons. The van der Waals surface area contributed by atoms with Gasteiger partial charge in [-0.3, -0.25) is 4.79 Å². The minimum Gasteiger partial charge on any atom is -0.466 e. The Morgan fingerprint density at radius 1 is 1.10 bits per heavy atom. The maximum absolute atomic E-state index is 13.4. The third-order valence-corrected chi connectivity index (χ3v) is 5.34. The molecule has 0 saturated heterocycles. The van der Waals surface area contributed by atoms with Crippen molar-refractivity contribution in [3.8, 4) is 11.3 Å². The highest BCUT2D eigenvalue weighted by atomic mass is 16.5. The summed E-state index contributed by atoms with van der Waals surface area (Å²) in [7, 11) is 0. The fourth-order valence-corrected chi connectivity index (χ4v) is 3.82.